The molecule has 0 atom stereocenters. The summed E-state index contributed by atoms with van der Waals surface area (Å²) in [5.41, 5.74) is 10.4. The molecule has 0 amide bonds. The zero-order valence-electron chi connectivity index (χ0n) is 7.03. The summed E-state index contributed by atoms with van der Waals surface area (Å²) in [5.74, 6) is 0. The zero-order chi connectivity index (χ0) is 7.66. The van der Waals surface area contributed by atoms with Crippen LogP contribution in [0.5, 0.6) is 0 Å². The highest BCUT2D eigenvalue weighted by Gasteiger charge is 1.85. The van der Waals surface area contributed by atoms with Gasteiger partial charge in [-0.25, -0.2) is 0 Å². The van der Waals surface area contributed by atoms with Gasteiger partial charge in [0, 0.05) is 13.1 Å². The number of ether oxygens (including phenoxy) is 2. The van der Waals surface area contributed by atoms with Gasteiger partial charge in [-0.15, -0.1) is 48.0 Å². The van der Waals surface area contributed by atoms with Crippen LogP contribution in [0.2, 0.25) is 0 Å². The number of hydrogen-bond donors (Lipinski definition) is 2. The molecule has 0 radical (unpaired) electrons. The minimum Gasteiger partial charge on any atom is -0.378 e. The Morgan fingerprint density at radius 1 is 0.667 bits per heavy atom. The molecule has 0 spiro atoms. The van der Waals surface area contributed by atoms with E-state index in [4.69, 9.17) is 20.9 Å². The van der Waals surface area contributed by atoms with Crippen molar-refractivity contribution in [3.63, 3.8) is 0 Å². The maximum Gasteiger partial charge on any atom is 0.0701 e. The fourth-order valence-corrected chi connectivity index (χ4v) is 0.489. The van der Waals surface area contributed by atoms with E-state index in [0.717, 1.165) is 0 Å². The van der Waals surface area contributed by atoms with Gasteiger partial charge in [-0.3, -0.25) is 0 Å². The van der Waals surface area contributed by atoms with Crippen LogP contribution in [0, 0.1) is 0 Å². The van der Waals surface area contributed by atoms with E-state index in [-0.39, 0.29) is 48.0 Å². The molecule has 0 aliphatic rings. The molecule has 0 rings (SSSR count). The summed E-state index contributed by atoms with van der Waals surface area (Å²) >= 11 is 0. The van der Waals surface area contributed by atoms with Crippen molar-refractivity contribution >= 4 is 48.0 Å². The van der Waals surface area contributed by atoms with E-state index in [1.807, 2.05) is 0 Å². The van der Waals surface area contributed by atoms with Gasteiger partial charge in [0.25, 0.3) is 0 Å². The van der Waals surface area contributed by atoms with Crippen molar-refractivity contribution in [2.24, 2.45) is 11.5 Å². The Morgan fingerprint density at radius 3 is 1.25 bits per heavy atom. The van der Waals surface area contributed by atoms with Gasteiger partial charge in [-0.1, -0.05) is 0 Å². The molecule has 0 aliphatic carbocycles. The van der Waals surface area contributed by atoms with E-state index in [1.165, 1.54) is 0 Å². The first kappa shape index (κ1) is 19.0. The number of rotatable bonds is 7. The van der Waals surface area contributed by atoms with E-state index in [0.29, 0.717) is 39.5 Å². The standard InChI is InChI=1S/C6H16N2O2.2HI/c7-1-3-9-5-6-10-4-2-8;;/h1-8H2;2*1H. The second kappa shape index (κ2) is 18.2. The molecule has 0 aromatic heterocycles. The Kier molecular flexibility index (Phi) is 28.7. The molecule has 0 aromatic carbocycles. The van der Waals surface area contributed by atoms with E-state index in [1.54, 1.807) is 0 Å². The molecule has 0 saturated heterocycles. The lowest BCUT2D eigenvalue weighted by Crippen LogP contribution is -2.14. The molecular weight excluding hydrogens is 386 g/mol. The van der Waals surface area contributed by atoms with E-state index in [9.17, 15) is 0 Å². The van der Waals surface area contributed by atoms with Gasteiger partial charge in [-0.05, 0) is 0 Å². The van der Waals surface area contributed by atoms with Crippen molar-refractivity contribution in [2.45, 2.75) is 0 Å². The molecule has 0 unspecified atom stereocenters. The lowest BCUT2D eigenvalue weighted by molar-refractivity contribution is 0.0538. The second-order valence-corrected chi connectivity index (χ2v) is 1.80. The van der Waals surface area contributed by atoms with Crippen molar-refractivity contribution in [3.8, 4) is 0 Å². The lowest BCUT2D eigenvalue weighted by atomic mass is 10.7. The summed E-state index contributed by atoms with van der Waals surface area (Å²) in [4.78, 5) is 0. The molecule has 78 valence electrons. The van der Waals surface area contributed by atoms with E-state index in [2.05, 4.69) is 0 Å². The van der Waals surface area contributed by atoms with Crippen LogP contribution in [0.1, 0.15) is 0 Å². The third-order valence-electron chi connectivity index (χ3n) is 0.896. The van der Waals surface area contributed by atoms with Crippen molar-refractivity contribution in [3.05, 3.63) is 0 Å². The fourth-order valence-electron chi connectivity index (χ4n) is 0.489. The van der Waals surface area contributed by atoms with Crippen LogP contribution in [0.4, 0.5) is 0 Å². The number of halogens is 2. The Hall–Kier alpha value is 1.30. The normalized spacial score (nSPS) is 8.50. The van der Waals surface area contributed by atoms with E-state index < -0.39 is 0 Å². The summed E-state index contributed by atoms with van der Waals surface area (Å²) in [6.07, 6.45) is 0. The summed E-state index contributed by atoms with van der Waals surface area (Å²) < 4.78 is 10.1. The quantitative estimate of drug-likeness (QED) is 0.469. The average molecular weight is 404 g/mol. The van der Waals surface area contributed by atoms with Crippen LogP contribution in [0.25, 0.3) is 0 Å². The first-order valence-corrected chi connectivity index (χ1v) is 3.47. The average Bonchev–Trinajstić information content (AvgIpc) is 1.97. The third-order valence-corrected chi connectivity index (χ3v) is 0.896. The van der Waals surface area contributed by atoms with Crippen molar-refractivity contribution in [1.82, 2.24) is 0 Å². The minimum absolute atomic E-state index is 0. The Bertz CT molecular complexity index is 61.5. The monoisotopic (exact) mass is 404 g/mol. The van der Waals surface area contributed by atoms with Crippen molar-refractivity contribution < 1.29 is 9.47 Å². The maximum atomic E-state index is 5.18. The van der Waals surface area contributed by atoms with Crippen molar-refractivity contribution in [1.29, 1.82) is 0 Å². The fraction of sp³-hybridized carbons (Fsp3) is 1.00. The van der Waals surface area contributed by atoms with Crippen LogP contribution >= 0.6 is 48.0 Å². The van der Waals surface area contributed by atoms with Gasteiger partial charge >= 0.3 is 0 Å². The largest absolute Gasteiger partial charge is 0.378 e. The predicted octanol–water partition coefficient (Wildman–Crippen LogP) is 0.173. The highest BCUT2D eigenvalue weighted by molar-refractivity contribution is 14.0. The summed E-state index contributed by atoms with van der Waals surface area (Å²) in [6, 6.07) is 0. The molecule has 0 fully saturated rings. The van der Waals surface area contributed by atoms with Gasteiger partial charge in [0.05, 0.1) is 26.4 Å². The molecule has 0 aliphatic heterocycles. The molecule has 0 heterocycles. The van der Waals surface area contributed by atoms with Crippen molar-refractivity contribution in [2.75, 3.05) is 39.5 Å². The van der Waals surface area contributed by atoms with Crippen LogP contribution in [0.15, 0.2) is 0 Å². The maximum absolute atomic E-state index is 5.18. The Balaban J connectivity index is -0.000000405. The first-order valence-electron chi connectivity index (χ1n) is 3.47. The molecule has 4 N–H and O–H groups in total. The van der Waals surface area contributed by atoms with Crippen LogP contribution < -0.4 is 11.5 Å². The predicted molar refractivity (Wildman–Crippen MR) is 70.6 cm³/mol. The van der Waals surface area contributed by atoms with Crippen LogP contribution in [-0.4, -0.2) is 39.5 Å². The first-order chi connectivity index (χ1) is 4.91. The van der Waals surface area contributed by atoms with Gasteiger partial charge in [0.2, 0.25) is 0 Å². The second-order valence-electron chi connectivity index (χ2n) is 1.80. The smallest absolute Gasteiger partial charge is 0.0701 e. The zero-order valence-corrected chi connectivity index (χ0v) is 11.7. The van der Waals surface area contributed by atoms with Gasteiger partial charge in [0.15, 0.2) is 0 Å². The topological polar surface area (TPSA) is 70.5 Å². The highest BCUT2D eigenvalue weighted by atomic mass is 127. The number of hydrogen-bond acceptors (Lipinski definition) is 4. The van der Waals surface area contributed by atoms with Gasteiger partial charge in [0.1, 0.15) is 0 Å². The molecule has 0 bridgehead atoms. The van der Waals surface area contributed by atoms with Crippen LogP contribution in [-0.2, 0) is 9.47 Å². The molecule has 6 heteroatoms. The molecular formula is C6H18I2N2O2. The lowest BCUT2D eigenvalue weighted by Gasteiger charge is -2.02. The van der Waals surface area contributed by atoms with Gasteiger partial charge < -0.3 is 20.9 Å². The van der Waals surface area contributed by atoms with Gasteiger partial charge in [-0.2, -0.15) is 0 Å². The molecule has 0 aromatic rings. The molecule has 0 saturated carbocycles. The van der Waals surface area contributed by atoms with E-state index >= 15 is 0 Å². The Labute approximate surface area is 108 Å². The molecule has 4 nitrogen and oxygen atoms in total. The Morgan fingerprint density at radius 2 is 1.00 bits per heavy atom. The van der Waals surface area contributed by atoms with Crippen LogP contribution in [0.3, 0.4) is 0 Å². The minimum atomic E-state index is 0. The number of nitrogens with two attached hydrogens (primary N) is 2. The third kappa shape index (κ3) is 17.4. The summed E-state index contributed by atoms with van der Waals surface area (Å²) in [5, 5.41) is 0. The SMILES string of the molecule is I.I.NCCOCCOCCN. The summed E-state index contributed by atoms with van der Waals surface area (Å²) in [7, 11) is 0. The highest BCUT2D eigenvalue weighted by Crippen LogP contribution is 1.75. The summed E-state index contributed by atoms with van der Waals surface area (Å²) in [6.45, 7) is 3.56. The molecule has 12 heavy (non-hydrogen) atoms.